The van der Waals surface area contributed by atoms with Gasteiger partial charge >= 0.3 is 0 Å². The number of anilines is 1. The van der Waals surface area contributed by atoms with E-state index >= 15 is 0 Å². The molecule has 2 aromatic carbocycles. The Morgan fingerprint density at radius 1 is 1.24 bits per heavy atom. The summed E-state index contributed by atoms with van der Waals surface area (Å²) < 4.78 is 21.5. The fourth-order valence-electron chi connectivity index (χ4n) is 4.62. The van der Waals surface area contributed by atoms with Crippen LogP contribution in [-0.4, -0.2) is 38.5 Å². The molecule has 0 saturated heterocycles. The second-order valence-electron chi connectivity index (χ2n) is 8.90. The summed E-state index contributed by atoms with van der Waals surface area (Å²) in [5.41, 5.74) is 13.4. The average Bonchev–Trinajstić information content (AvgIpc) is 3.13. The van der Waals surface area contributed by atoms with Gasteiger partial charge in [0.1, 0.15) is 28.6 Å². The van der Waals surface area contributed by atoms with Crippen molar-refractivity contribution in [2.75, 3.05) is 12.8 Å². The Bertz CT molecular complexity index is 1440. The largest absolute Gasteiger partial charge is 0.496 e. The second kappa shape index (κ2) is 7.81. The van der Waals surface area contributed by atoms with Gasteiger partial charge in [0, 0.05) is 22.6 Å². The molecule has 2 aromatic heterocycles. The third kappa shape index (κ3) is 3.54. The SMILES string of the molecule is COc1cc(-c2ccccc2F)nc2cc(-c3nn(C4CC(C)(O)C4)c(N)c3C(N)=O)ccc12. The summed E-state index contributed by atoms with van der Waals surface area (Å²) >= 11 is 0. The number of methoxy groups -OCH3 is 1. The fourth-order valence-corrected chi connectivity index (χ4v) is 4.62. The summed E-state index contributed by atoms with van der Waals surface area (Å²) in [5, 5.41) is 15.4. The number of amides is 1. The van der Waals surface area contributed by atoms with Crippen molar-refractivity contribution in [3.8, 4) is 28.3 Å². The molecule has 1 saturated carbocycles. The van der Waals surface area contributed by atoms with Gasteiger partial charge in [-0.05, 0) is 44.0 Å². The first-order valence-electron chi connectivity index (χ1n) is 10.8. The van der Waals surface area contributed by atoms with E-state index in [1.165, 1.54) is 13.2 Å². The van der Waals surface area contributed by atoms with Crippen molar-refractivity contribution in [2.45, 2.75) is 31.4 Å². The maximum atomic E-state index is 14.4. The molecule has 1 aliphatic carbocycles. The number of aliphatic hydroxyl groups is 1. The number of aromatic nitrogens is 3. The van der Waals surface area contributed by atoms with Gasteiger partial charge < -0.3 is 21.3 Å². The highest BCUT2D eigenvalue weighted by atomic mass is 19.1. The molecular weight excluding hydrogens is 437 g/mol. The molecule has 34 heavy (non-hydrogen) atoms. The van der Waals surface area contributed by atoms with E-state index < -0.39 is 17.3 Å². The lowest BCUT2D eigenvalue weighted by molar-refractivity contribution is -0.0535. The van der Waals surface area contributed by atoms with Crippen LogP contribution in [0.4, 0.5) is 10.2 Å². The predicted octanol–water partition coefficient (Wildman–Crippen LogP) is 3.68. The van der Waals surface area contributed by atoms with Crippen LogP contribution >= 0.6 is 0 Å². The Morgan fingerprint density at radius 3 is 2.62 bits per heavy atom. The number of nitrogens with zero attached hydrogens (tertiary/aromatic N) is 3. The molecule has 2 heterocycles. The van der Waals surface area contributed by atoms with Crippen molar-refractivity contribution in [1.82, 2.24) is 14.8 Å². The molecule has 1 fully saturated rings. The minimum absolute atomic E-state index is 0.114. The standard InChI is InChI=1S/C25H24FN5O3/c1-25(33)11-14(12-25)31-23(27)21(24(28)32)22(30-31)13-7-8-16-18(9-13)29-19(10-20(16)34-2)15-5-3-4-6-17(15)26/h3-10,14,33H,11-12,27H2,1-2H3,(H2,28,32). The topological polar surface area (TPSA) is 129 Å². The van der Waals surface area contributed by atoms with Crippen LogP contribution in [0.5, 0.6) is 5.75 Å². The molecule has 4 aromatic rings. The Morgan fingerprint density at radius 2 is 1.97 bits per heavy atom. The lowest BCUT2D eigenvalue weighted by Gasteiger charge is -2.41. The molecule has 5 N–H and O–H groups in total. The van der Waals surface area contributed by atoms with Crippen LogP contribution in [0.1, 0.15) is 36.2 Å². The molecule has 0 radical (unpaired) electrons. The minimum atomic E-state index is -0.789. The van der Waals surface area contributed by atoms with E-state index in [9.17, 15) is 14.3 Å². The van der Waals surface area contributed by atoms with Gasteiger partial charge in [0.25, 0.3) is 5.91 Å². The highest BCUT2D eigenvalue weighted by Crippen LogP contribution is 2.43. The zero-order valence-corrected chi connectivity index (χ0v) is 18.7. The van der Waals surface area contributed by atoms with Crippen molar-refractivity contribution >= 4 is 22.6 Å². The first-order chi connectivity index (χ1) is 16.2. The van der Waals surface area contributed by atoms with Gasteiger partial charge in [-0.1, -0.05) is 18.2 Å². The molecule has 5 rings (SSSR count). The normalized spacial score (nSPS) is 19.7. The number of carbonyl (C=O) groups excluding carboxylic acids is 1. The first-order valence-corrected chi connectivity index (χ1v) is 10.8. The Kier molecular flexibility index (Phi) is 5.02. The number of hydrogen-bond donors (Lipinski definition) is 3. The van der Waals surface area contributed by atoms with E-state index in [-0.39, 0.29) is 17.4 Å². The monoisotopic (exact) mass is 461 g/mol. The third-order valence-electron chi connectivity index (χ3n) is 6.31. The zero-order valence-electron chi connectivity index (χ0n) is 18.7. The van der Waals surface area contributed by atoms with Gasteiger partial charge in [-0.2, -0.15) is 5.10 Å². The van der Waals surface area contributed by atoms with Crippen molar-refractivity contribution in [1.29, 1.82) is 0 Å². The Labute approximate surface area is 195 Å². The smallest absolute Gasteiger partial charge is 0.254 e. The molecule has 1 amide bonds. The molecule has 0 spiro atoms. The van der Waals surface area contributed by atoms with Crippen LogP contribution in [-0.2, 0) is 0 Å². The summed E-state index contributed by atoms with van der Waals surface area (Å²) in [6.45, 7) is 1.74. The molecule has 0 bridgehead atoms. The lowest BCUT2D eigenvalue weighted by atomic mass is 9.77. The predicted molar refractivity (Wildman–Crippen MR) is 127 cm³/mol. The number of pyridine rings is 1. The summed E-state index contributed by atoms with van der Waals surface area (Å²) in [4.78, 5) is 16.9. The van der Waals surface area contributed by atoms with Crippen molar-refractivity contribution in [3.63, 3.8) is 0 Å². The Hall–Kier alpha value is -3.98. The van der Waals surface area contributed by atoms with E-state index in [2.05, 4.69) is 10.1 Å². The molecule has 9 heteroatoms. The number of carbonyl (C=O) groups is 1. The third-order valence-corrected chi connectivity index (χ3v) is 6.31. The van der Waals surface area contributed by atoms with Gasteiger partial charge in [-0.3, -0.25) is 4.79 Å². The van der Waals surface area contributed by atoms with Crippen molar-refractivity contribution in [2.24, 2.45) is 5.73 Å². The van der Waals surface area contributed by atoms with Gasteiger partial charge in [-0.25, -0.2) is 14.1 Å². The van der Waals surface area contributed by atoms with Crippen molar-refractivity contribution < 1.29 is 19.0 Å². The van der Waals surface area contributed by atoms with E-state index in [1.807, 2.05) is 0 Å². The van der Waals surface area contributed by atoms with Crippen molar-refractivity contribution in [3.05, 3.63) is 59.9 Å². The molecule has 0 aliphatic heterocycles. The number of rotatable bonds is 5. The summed E-state index contributed by atoms with van der Waals surface area (Å²) in [5.74, 6) is -0.400. The molecule has 174 valence electrons. The van der Waals surface area contributed by atoms with Crippen LogP contribution in [0, 0.1) is 5.82 Å². The van der Waals surface area contributed by atoms with Crippen LogP contribution in [0.15, 0.2) is 48.5 Å². The maximum Gasteiger partial charge on any atom is 0.254 e. The van der Waals surface area contributed by atoms with Crippen LogP contribution in [0.25, 0.3) is 33.4 Å². The van der Waals surface area contributed by atoms with Crippen LogP contribution < -0.4 is 16.2 Å². The fraction of sp³-hybridized carbons (Fsp3) is 0.240. The molecule has 0 unspecified atom stereocenters. The number of nitrogens with two attached hydrogens (primary N) is 2. The van der Waals surface area contributed by atoms with Gasteiger partial charge in [0.15, 0.2) is 0 Å². The molecule has 8 nitrogen and oxygen atoms in total. The number of nitrogen functional groups attached to an aromatic ring is 1. The van der Waals surface area contributed by atoms with E-state index in [0.29, 0.717) is 46.6 Å². The number of hydrogen-bond acceptors (Lipinski definition) is 6. The number of ether oxygens (including phenoxy) is 1. The quantitative estimate of drug-likeness (QED) is 0.416. The Balaban J connectivity index is 1.66. The highest BCUT2D eigenvalue weighted by Gasteiger charge is 2.41. The van der Waals surface area contributed by atoms with Crippen LogP contribution in [0.2, 0.25) is 0 Å². The number of primary amides is 1. The second-order valence-corrected chi connectivity index (χ2v) is 8.90. The highest BCUT2D eigenvalue weighted by molar-refractivity contribution is 6.04. The summed E-state index contributed by atoms with van der Waals surface area (Å²) in [6, 6.07) is 13.3. The maximum absolute atomic E-state index is 14.4. The van der Waals surface area contributed by atoms with E-state index in [4.69, 9.17) is 16.2 Å². The van der Waals surface area contributed by atoms with E-state index in [0.717, 1.165) is 5.39 Å². The summed E-state index contributed by atoms with van der Waals surface area (Å²) in [7, 11) is 1.54. The average molecular weight is 461 g/mol. The zero-order chi connectivity index (χ0) is 24.2. The number of fused-ring (bicyclic) bond motifs is 1. The number of halogens is 1. The summed E-state index contributed by atoms with van der Waals surface area (Å²) in [6.07, 6.45) is 0.942. The van der Waals surface area contributed by atoms with Gasteiger partial charge in [0.05, 0.1) is 30.0 Å². The van der Waals surface area contributed by atoms with Crippen LogP contribution in [0.3, 0.4) is 0 Å². The van der Waals surface area contributed by atoms with E-state index in [1.54, 1.807) is 54.1 Å². The number of benzene rings is 2. The molecule has 0 atom stereocenters. The lowest BCUT2D eigenvalue weighted by Crippen LogP contribution is -2.42. The minimum Gasteiger partial charge on any atom is -0.496 e. The first kappa shape index (κ1) is 21.8. The molecular formula is C25H24FN5O3. The molecule has 1 aliphatic rings. The van der Waals surface area contributed by atoms with Gasteiger partial charge in [-0.15, -0.1) is 0 Å². The van der Waals surface area contributed by atoms with Gasteiger partial charge in [0.2, 0.25) is 0 Å².